The second-order valence-electron chi connectivity index (χ2n) is 3.54. The van der Waals surface area contributed by atoms with E-state index in [1.807, 2.05) is 5.38 Å². The molecular formula is C9H14F3N3S. The predicted octanol–water partition coefficient (Wildman–Crippen LogP) is 1.99. The summed E-state index contributed by atoms with van der Waals surface area (Å²) in [6.07, 6.45) is -4.89. The zero-order chi connectivity index (χ0) is 12.2. The Labute approximate surface area is 96.1 Å². The van der Waals surface area contributed by atoms with Gasteiger partial charge in [-0.1, -0.05) is 0 Å². The van der Waals surface area contributed by atoms with Crippen LogP contribution >= 0.6 is 11.3 Å². The summed E-state index contributed by atoms with van der Waals surface area (Å²) in [7, 11) is 1.65. The van der Waals surface area contributed by atoms with Gasteiger partial charge in [0.05, 0.1) is 12.1 Å². The van der Waals surface area contributed by atoms with Crippen molar-refractivity contribution in [2.75, 3.05) is 13.6 Å². The predicted molar refractivity (Wildman–Crippen MR) is 57.0 cm³/mol. The highest BCUT2D eigenvalue weighted by Gasteiger charge is 2.27. The third kappa shape index (κ3) is 4.91. The van der Waals surface area contributed by atoms with E-state index in [2.05, 4.69) is 4.98 Å². The van der Waals surface area contributed by atoms with E-state index in [1.54, 1.807) is 11.9 Å². The summed E-state index contributed by atoms with van der Waals surface area (Å²) in [6.45, 7) is 0.780. The minimum atomic E-state index is -4.10. The van der Waals surface area contributed by atoms with Crippen LogP contribution in [0.4, 0.5) is 13.2 Å². The molecule has 0 bridgehead atoms. The molecule has 3 nitrogen and oxygen atoms in total. The first-order chi connectivity index (χ1) is 7.40. The molecule has 0 atom stereocenters. The lowest BCUT2D eigenvalue weighted by Crippen LogP contribution is -2.24. The van der Waals surface area contributed by atoms with Gasteiger partial charge in [0.25, 0.3) is 0 Å². The average Bonchev–Trinajstić information content (AvgIpc) is 2.61. The molecular weight excluding hydrogens is 239 g/mol. The normalized spacial score (nSPS) is 12.4. The minimum absolute atomic E-state index is 0.0149. The first kappa shape index (κ1) is 13.4. The van der Waals surface area contributed by atoms with Gasteiger partial charge in [-0.3, -0.25) is 0 Å². The number of nitrogens with zero attached hydrogens (tertiary/aromatic N) is 2. The van der Waals surface area contributed by atoms with Gasteiger partial charge in [0, 0.05) is 25.0 Å². The standard InChI is InChI=1S/C9H14F3N3S/c1-15(3-2-9(10,11)12)5-7-6-16-8(4-13)14-7/h6H,2-5,13H2,1H3. The molecule has 0 fully saturated rings. The molecule has 0 radical (unpaired) electrons. The van der Waals surface area contributed by atoms with Crippen LogP contribution in [-0.2, 0) is 13.1 Å². The minimum Gasteiger partial charge on any atom is -0.325 e. The van der Waals surface area contributed by atoms with Crippen molar-refractivity contribution in [3.63, 3.8) is 0 Å². The number of hydrogen-bond acceptors (Lipinski definition) is 4. The van der Waals surface area contributed by atoms with Gasteiger partial charge in [-0.2, -0.15) is 13.2 Å². The van der Waals surface area contributed by atoms with Crippen molar-refractivity contribution in [1.29, 1.82) is 0 Å². The summed E-state index contributed by atoms with van der Waals surface area (Å²) in [5.74, 6) is 0. The molecule has 1 aromatic heterocycles. The Morgan fingerprint density at radius 1 is 1.50 bits per heavy atom. The van der Waals surface area contributed by atoms with Crippen LogP contribution in [0.15, 0.2) is 5.38 Å². The molecule has 0 aliphatic heterocycles. The van der Waals surface area contributed by atoms with Crippen LogP contribution in [0.5, 0.6) is 0 Å². The Balaban J connectivity index is 2.36. The third-order valence-electron chi connectivity index (χ3n) is 1.98. The molecule has 0 aromatic carbocycles. The monoisotopic (exact) mass is 253 g/mol. The molecule has 16 heavy (non-hydrogen) atoms. The highest BCUT2D eigenvalue weighted by atomic mass is 32.1. The number of rotatable bonds is 5. The van der Waals surface area contributed by atoms with Crippen molar-refractivity contribution in [2.24, 2.45) is 5.73 Å². The highest BCUT2D eigenvalue weighted by Crippen LogP contribution is 2.20. The van der Waals surface area contributed by atoms with Crippen molar-refractivity contribution in [2.45, 2.75) is 25.7 Å². The maximum absolute atomic E-state index is 12.0. The third-order valence-corrected chi connectivity index (χ3v) is 2.90. The van der Waals surface area contributed by atoms with Crippen LogP contribution in [0.3, 0.4) is 0 Å². The Kier molecular flexibility index (Phi) is 4.69. The largest absolute Gasteiger partial charge is 0.390 e. The van der Waals surface area contributed by atoms with E-state index in [0.717, 1.165) is 10.7 Å². The van der Waals surface area contributed by atoms with Crippen molar-refractivity contribution in [1.82, 2.24) is 9.88 Å². The fraction of sp³-hybridized carbons (Fsp3) is 0.667. The molecule has 92 valence electrons. The number of alkyl halides is 3. The first-order valence-electron chi connectivity index (χ1n) is 4.79. The molecule has 1 aromatic rings. The lowest BCUT2D eigenvalue weighted by Gasteiger charge is -2.16. The van der Waals surface area contributed by atoms with Gasteiger partial charge >= 0.3 is 6.18 Å². The SMILES string of the molecule is CN(CCC(F)(F)F)Cc1csc(CN)n1. The van der Waals surface area contributed by atoms with Crippen LogP contribution in [0, 0.1) is 0 Å². The molecule has 0 unspecified atom stereocenters. The molecule has 1 heterocycles. The first-order valence-corrected chi connectivity index (χ1v) is 5.67. The summed E-state index contributed by atoms with van der Waals surface area (Å²) < 4.78 is 35.9. The van der Waals surface area contributed by atoms with Gasteiger partial charge in [-0.05, 0) is 7.05 Å². The number of halogens is 3. The van der Waals surface area contributed by atoms with E-state index in [0.29, 0.717) is 13.1 Å². The fourth-order valence-electron chi connectivity index (χ4n) is 1.19. The second-order valence-corrected chi connectivity index (χ2v) is 4.48. The Morgan fingerprint density at radius 3 is 2.69 bits per heavy atom. The smallest absolute Gasteiger partial charge is 0.325 e. The van der Waals surface area contributed by atoms with Crippen LogP contribution in [0.25, 0.3) is 0 Å². The summed E-state index contributed by atoms with van der Waals surface area (Å²) in [5.41, 5.74) is 6.17. The highest BCUT2D eigenvalue weighted by molar-refractivity contribution is 7.09. The molecule has 0 aliphatic rings. The second kappa shape index (κ2) is 5.60. The maximum atomic E-state index is 12.0. The summed E-state index contributed by atoms with van der Waals surface area (Å²) in [5, 5.41) is 2.63. The zero-order valence-corrected chi connectivity index (χ0v) is 9.74. The summed E-state index contributed by atoms with van der Waals surface area (Å²) >= 11 is 1.43. The van der Waals surface area contributed by atoms with Gasteiger partial charge in [-0.25, -0.2) is 4.98 Å². The summed E-state index contributed by atoms with van der Waals surface area (Å²) in [6, 6.07) is 0. The quantitative estimate of drug-likeness (QED) is 0.872. The number of hydrogen-bond donors (Lipinski definition) is 1. The van der Waals surface area contributed by atoms with Crippen LogP contribution in [-0.4, -0.2) is 29.7 Å². The topological polar surface area (TPSA) is 42.1 Å². The van der Waals surface area contributed by atoms with Crippen molar-refractivity contribution in [3.05, 3.63) is 16.1 Å². The Bertz CT molecular complexity index is 324. The molecule has 7 heteroatoms. The molecule has 0 spiro atoms. The maximum Gasteiger partial charge on any atom is 0.390 e. The van der Waals surface area contributed by atoms with E-state index in [1.165, 1.54) is 11.3 Å². The molecule has 0 saturated heterocycles. The van der Waals surface area contributed by atoms with E-state index < -0.39 is 12.6 Å². The van der Waals surface area contributed by atoms with Gasteiger partial charge in [0.1, 0.15) is 5.01 Å². The van der Waals surface area contributed by atoms with Gasteiger partial charge in [-0.15, -0.1) is 11.3 Å². The molecule has 0 aliphatic carbocycles. The van der Waals surface area contributed by atoms with Crippen LogP contribution < -0.4 is 5.73 Å². The fourth-order valence-corrected chi connectivity index (χ4v) is 1.85. The van der Waals surface area contributed by atoms with Crippen LogP contribution in [0.2, 0.25) is 0 Å². The lowest BCUT2D eigenvalue weighted by molar-refractivity contribution is -0.137. The van der Waals surface area contributed by atoms with Gasteiger partial charge in [0.2, 0.25) is 0 Å². The number of thiazole rings is 1. The van der Waals surface area contributed by atoms with E-state index in [-0.39, 0.29) is 6.54 Å². The van der Waals surface area contributed by atoms with Gasteiger partial charge in [0.15, 0.2) is 0 Å². The number of nitrogens with two attached hydrogens (primary N) is 1. The van der Waals surface area contributed by atoms with Gasteiger partial charge < -0.3 is 10.6 Å². The van der Waals surface area contributed by atoms with E-state index >= 15 is 0 Å². The Hall–Kier alpha value is -0.660. The van der Waals surface area contributed by atoms with E-state index in [4.69, 9.17) is 5.73 Å². The molecule has 0 amide bonds. The van der Waals surface area contributed by atoms with Crippen LogP contribution in [0.1, 0.15) is 17.1 Å². The molecule has 1 rings (SSSR count). The van der Waals surface area contributed by atoms with Crippen molar-refractivity contribution in [3.8, 4) is 0 Å². The van der Waals surface area contributed by atoms with Crippen molar-refractivity contribution >= 4 is 11.3 Å². The Morgan fingerprint density at radius 2 is 2.19 bits per heavy atom. The average molecular weight is 253 g/mol. The molecule has 2 N–H and O–H groups in total. The lowest BCUT2D eigenvalue weighted by atomic mass is 10.3. The van der Waals surface area contributed by atoms with E-state index in [9.17, 15) is 13.2 Å². The summed E-state index contributed by atoms with van der Waals surface area (Å²) in [4.78, 5) is 5.78. The zero-order valence-electron chi connectivity index (χ0n) is 8.92. The number of aromatic nitrogens is 1. The molecule has 0 saturated carbocycles. The van der Waals surface area contributed by atoms with Crippen molar-refractivity contribution < 1.29 is 13.2 Å².